The van der Waals surface area contributed by atoms with Gasteiger partial charge in [-0.15, -0.1) is 0 Å². The first-order chi connectivity index (χ1) is 9.26. The van der Waals surface area contributed by atoms with E-state index in [0.717, 1.165) is 44.5 Å². The predicted octanol–water partition coefficient (Wildman–Crippen LogP) is 1.82. The van der Waals surface area contributed by atoms with Crippen molar-refractivity contribution in [3.05, 3.63) is 23.7 Å². The quantitative estimate of drug-likeness (QED) is 0.880. The topological polar surface area (TPSA) is 37.6 Å². The molecule has 2 fully saturated rings. The van der Waals surface area contributed by atoms with E-state index in [4.69, 9.17) is 9.15 Å². The van der Waals surface area contributed by atoms with Gasteiger partial charge in [0.15, 0.2) is 0 Å². The normalized spacial score (nSPS) is 31.6. The fourth-order valence-electron chi connectivity index (χ4n) is 2.89. The fourth-order valence-corrected chi connectivity index (χ4v) is 2.89. The molecule has 4 heteroatoms. The van der Waals surface area contributed by atoms with Gasteiger partial charge in [-0.2, -0.15) is 0 Å². The zero-order valence-electron chi connectivity index (χ0n) is 11.9. The molecule has 1 N–H and O–H groups in total. The van der Waals surface area contributed by atoms with Gasteiger partial charge in [-0.3, -0.25) is 4.90 Å². The van der Waals surface area contributed by atoms with Gasteiger partial charge >= 0.3 is 0 Å². The zero-order chi connectivity index (χ0) is 13.2. The highest BCUT2D eigenvalue weighted by Gasteiger charge is 2.36. The van der Waals surface area contributed by atoms with Crippen LogP contribution in [0.1, 0.15) is 30.8 Å². The van der Waals surface area contributed by atoms with E-state index in [1.807, 2.05) is 7.05 Å². The molecule has 3 atom stereocenters. The van der Waals surface area contributed by atoms with Gasteiger partial charge in [0.2, 0.25) is 0 Å². The standard InChI is InChI=1S/C15H24N2O2/c1-11-7-14(11)15-4-3-12(19-15)9-17-5-6-18-13(10-17)8-16-2/h3-4,11,13-14,16H,5-10H2,1-2H3. The summed E-state index contributed by atoms with van der Waals surface area (Å²) in [6.45, 7) is 6.91. The smallest absolute Gasteiger partial charge is 0.118 e. The van der Waals surface area contributed by atoms with E-state index in [0.29, 0.717) is 12.0 Å². The van der Waals surface area contributed by atoms with Crippen LogP contribution in [0.25, 0.3) is 0 Å². The number of morpholine rings is 1. The molecule has 4 nitrogen and oxygen atoms in total. The van der Waals surface area contributed by atoms with Gasteiger partial charge in [0.05, 0.1) is 19.3 Å². The summed E-state index contributed by atoms with van der Waals surface area (Å²) in [7, 11) is 1.97. The first-order valence-corrected chi connectivity index (χ1v) is 7.33. The van der Waals surface area contributed by atoms with Crippen molar-refractivity contribution in [3.63, 3.8) is 0 Å². The Balaban J connectivity index is 1.54. The van der Waals surface area contributed by atoms with E-state index in [1.54, 1.807) is 0 Å². The van der Waals surface area contributed by atoms with Gasteiger partial charge in [-0.05, 0) is 31.5 Å². The highest BCUT2D eigenvalue weighted by Crippen LogP contribution is 2.47. The third kappa shape index (κ3) is 3.19. The van der Waals surface area contributed by atoms with E-state index in [2.05, 4.69) is 29.3 Å². The fraction of sp³-hybridized carbons (Fsp3) is 0.733. The Bertz CT molecular complexity index is 416. The second-order valence-corrected chi connectivity index (χ2v) is 5.91. The first kappa shape index (κ1) is 13.2. The van der Waals surface area contributed by atoms with Crippen molar-refractivity contribution in [2.45, 2.75) is 31.9 Å². The minimum absolute atomic E-state index is 0.302. The van der Waals surface area contributed by atoms with Gasteiger partial charge in [-0.1, -0.05) is 6.92 Å². The van der Waals surface area contributed by atoms with Crippen LogP contribution in [0.5, 0.6) is 0 Å². The molecule has 1 aromatic rings. The minimum Gasteiger partial charge on any atom is -0.464 e. The highest BCUT2D eigenvalue weighted by molar-refractivity contribution is 5.17. The minimum atomic E-state index is 0.302. The Morgan fingerprint density at radius 2 is 2.26 bits per heavy atom. The molecule has 0 radical (unpaired) electrons. The highest BCUT2D eigenvalue weighted by atomic mass is 16.5. The molecule has 1 aliphatic carbocycles. The van der Waals surface area contributed by atoms with Crippen molar-refractivity contribution in [1.82, 2.24) is 10.2 Å². The SMILES string of the molecule is CNCC1CN(Cc2ccc(C3CC3C)o2)CCO1. The van der Waals surface area contributed by atoms with Crippen LogP contribution in [0.4, 0.5) is 0 Å². The lowest BCUT2D eigenvalue weighted by atomic mass is 10.2. The van der Waals surface area contributed by atoms with Gasteiger partial charge in [0.1, 0.15) is 11.5 Å². The van der Waals surface area contributed by atoms with Crippen LogP contribution in [0.2, 0.25) is 0 Å². The summed E-state index contributed by atoms with van der Waals surface area (Å²) in [5, 5.41) is 3.18. The summed E-state index contributed by atoms with van der Waals surface area (Å²) in [4.78, 5) is 2.42. The van der Waals surface area contributed by atoms with Crippen molar-refractivity contribution < 1.29 is 9.15 Å². The molecule has 1 saturated heterocycles. The van der Waals surface area contributed by atoms with Crippen LogP contribution in [0.3, 0.4) is 0 Å². The van der Waals surface area contributed by atoms with Gasteiger partial charge < -0.3 is 14.5 Å². The van der Waals surface area contributed by atoms with E-state index in [9.17, 15) is 0 Å². The van der Waals surface area contributed by atoms with Crippen molar-refractivity contribution in [3.8, 4) is 0 Å². The van der Waals surface area contributed by atoms with Crippen LogP contribution in [-0.4, -0.2) is 44.3 Å². The molecule has 1 aliphatic heterocycles. The lowest BCUT2D eigenvalue weighted by Gasteiger charge is -2.32. The lowest BCUT2D eigenvalue weighted by Crippen LogP contribution is -2.45. The Labute approximate surface area is 115 Å². The van der Waals surface area contributed by atoms with Crippen molar-refractivity contribution in [1.29, 1.82) is 0 Å². The molecular formula is C15H24N2O2. The van der Waals surface area contributed by atoms with E-state index in [-0.39, 0.29) is 0 Å². The molecule has 2 heterocycles. The van der Waals surface area contributed by atoms with Crippen molar-refractivity contribution >= 4 is 0 Å². The summed E-state index contributed by atoms with van der Waals surface area (Å²) in [5.74, 6) is 3.76. The molecule has 3 rings (SSSR count). The Morgan fingerprint density at radius 3 is 3.00 bits per heavy atom. The van der Waals surface area contributed by atoms with E-state index in [1.165, 1.54) is 12.2 Å². The van der Waals surface area contributed by atoms with Gasteiger partial charge in [0.25, 0.3) is 0 Å². The monoisotopic (exact) mass is 264 g/mol. The zero-order valence-corrected chi connectivity index (χ0v) is 11.9. The van der Waals surface area contributed by atoms with Crippen LogP contribution >= 0.6 is 0 Å². The summed E-state index contributed by atoms with van der Waals surface area (Å²) in [6.07, 6.45) is 1.59. The third-order valence-electron chi connectivity index (χ3n) is 4.19. The van der Waals surface area contributed by atoms with Crippen molar-refractivity contribution in [2.24, 2.45) is 5.92 Å². The number of ether oxygens (including phenoxy) is 1. The number of nitrogens with one attached hydrogen (secondary N) is 1. The summed E-state index contributed by atoms with van der Waals surface area (Å²) >= 11 is 0. The summed E-state index contributed by atoms with van der Waals surface area (Å²) < 4.78 is 11.7. The van der Waals surface area contributed by atoms with E-state index < -0.39 is 0 Å². The Kier molecular flexibility index (Phi) is 3.91. The number of hydrogen-bond donors (Lipinski definition) is 1. The number of rotatable bonds is 5. The van der Waals surface area contributed by atoms with E-state index >= 15 is 0 Å². The Morgan fingerprint density at radius 1 is 1.42 bits per heavy atom. The average molecular weight is 264 g/mol. The molecule has 106 valence electrons. The second-order valence-electron chi connectivity index (χ2n) is 5.91. The molecule has 1 aromatic heterocycles. The first-order valence-electron chi connectivity index (χ1n) is 7.33. The molecular weight excluding hydrogens is 240 g/mol. The molecule has 0 spiro atoms. The van der Waals surface area contributed by atoms with Crippen LogP contribution in [0.15, 0.2) is 16.5 Å². The van der Waals surface area contributed by atoms with Crippen LogP contribution in [0, 0.1) is 5.92 Å². The molecule has 0 bridgehead atoms. The number of furan rings is 1. The van der Waals surface area contributed by atoms with Crippen molar-refractivity contribution in [2.75, 3.05) is 33.3 Å². The van der Waals surface area contributed by atoms with Gasteiger partial charge in [0, 0.05) is 25.6 Å². The molecule has 3 unspecified atom stereocenters. The van der Waals surface area contributed by atoms with Crippen LogP contribution in [-0.2, 0) is 11.3 Å². The lowest BCUT2D eigenvalue weighted by molar-refractivity contribution is -0.0309. The number of hydrogen-bond acceptors (Lipinski definition) is 4. The Hall–Kier alpha value is -0.840. The summed E-state index contributed by atoms with van der Waals surface area (Å²) in [5.41, 5.74) is 0. The molecule has 0 aromatic carbocycles. The number of likely N-dealkylation sites (N-methyl/N-ethyl adjacent to an activating group) is 1. The average Bonchev–Trinajstić information content (AvgIpc) is 2.95. The molecule has 2 aliphatic rings. The molecule has 19 heavy (non-hydrogen) atoms. The van der Waals surface area contributed by atoms with Crippen LogP contribution < -0.4 is 5.32 Å². The molecule has 0 amide bonds. The third-order valence-corrected chi connectivity index (χ3v) is 4.19. The summed E-state index contributed by atoms with van der Waals surface area (Å²) in [6, 6.07) is 4.30. The largest absolute Gasteiger partial charge is 0.464 e. The maximum absolute atomic E-state index is 5.98. The predicted molar refractivity (Wildman–Crippen MR) is 74.2 cm³/mol. The molecule has 1 saturated carbocycles. The number of nitrogens with zero attached hydrogens (tertiary/aromatic N) is 1. The maximum atomic E-state index is 5.98. The van der Waals surface area contributed by atoms with Gasteiger partial charge in [-0.25, -0.2) is 0 Å². The maximum Gasteiger partial charge on any atom is 0.118 e. The second kappa shape index (κ2) is 5.65.